The molecule has 0 aliphatic carbocycles. The summed E-state index contributed by atoms with van der Waals surface area (Å²) in [5.41, 5.74) is -0.216. The number of benzene rings is 1. The van der Waals surface area contributed by atoms with Crippen LogP contribution in [0.1, 0.15) is 45.0 Å². The van der Waals surface area contributed by atoms with E-state index in [-0.39, 0.29) is 32.1 Å². The summed E-state index contributed by atoms with van der Waals surface area (Å²) in [6, 6.07) is 5.56. The summed E-state index contributed by atoms with van der Waals surface area (Å²) in [5, 5.41) is 23.2. The monoisotopic (exact) mass is 407 g/mol. The maximum absolute atomic E-state index is 12.5. The van der Waals surface area contributed by atoms with Gasteiger partial charge in [0.1, 0.15) is 21.5 Å². The van der Waals surface area contributed by atoms with Crippen molar-refractivity contribution < 1.29 is 19.2 Å². The number of nitrogens with one attached hydrogen (secondary N) is 1. The largest absolute Gasteiger partial charge is 0.459 e. The van der Waals surface area contributed by atoms with E-state index in [0.717, 1.165) is 17.4 Å². The Bertz CT molecular complexity index is 978. The standard InChI is InChI=1S/C17H14ClN3O5S/c1-8(2)26-17(23)14-9(3)12(7-19)16(27-14)20-15(22)11-5-4-10(18)6-13(11)21(24)25/h4-6,8H,1-3H3,(H,20,22). The highest BCUT2D eigenvalue weighted by Gasteiger charge is 2.26. The fourth-order valence-electron chi connectivity index (χ4n) is 2.22. The van der Waals surface area contributed by atoms with Crippen molar-refractivity contribution in [2.45, 2.75) is 26.9 Å². The Balaban J connectivity index is 2.41. The number of ether oxygens (including phenoxy) is 1. The molecule has 0 saturated heterocycles. The molecule has 2 aromatic rings. The molecule has 0 aliphatic heterocycles. The molecular formula is C17H14ClN3O5S. The van der Waals surface area contributed by atoms with Crippen LogP contribution in [0.5, 0.6) is 0 Å². The summed E-state index contributed by atoms with van der Waals surface area (Å²) in [7, 11) is 0. The second kappa shape index (κ2) is 8.16. The molecule has 0 aliphatic rings. The molecule has 1 N–H and O–H groups in total. The number of nitrogens with zero attached hydrogens (tertiary/aromatic N) is 2. The van der Waals surface area contributed by atoms with Crippen molar-refractivity contribution in [3.8, 4) is 6.07 Å². The topological polar surface area (TPSA) is 122 Å². The zero-order valence-corrected chi connectivity index (χ0v) is 16.1. The fraction of sp³-hybridized carbons (Fsp3) is 0.235. The average Bonchev–Trinajstić information content (AvgIpc) is 2.89. The van der Waals surface area contributed by atoms with Gasteiger partial charge in [-0.05, 0) is 38.5 Å². The van der Waals surface area contributed by atoms with Gasteiger partial charge in [0.2, 0.25) is 0 Å². The molecule has 2 rings (SSSR count). The second-order valence-corrected chi connectivity index (χ2v) is 7.16. The molecule has 10 heteroatoms. The third-order valence-electron chi connectivity index (χ3n) is 3.41. The third kappa shape index (κ3) is 4.42. The fourth-order valence-corrected chi connectivity index (χ4v) is 3.42. The van der Waals surface area contributed by atoms with Gasteiger partial charge in [-0.3, -0.25) is 14.9 Å². The van der Waals surface area contributed by atoms with E-state index in [1.54, 1.807) is 20.8 Å². The number of rotatable bonds is 5. The Kier molecular flexibility index (Phi) is 6.15. The first-order valence-electron chi connectivity index (χ1n) is 7.65. The van der Waals surface area contributed by atoms with Gasteiger partial charge in [-0.2, -0.15) is 5.26 Å². The van der Waals surface area contributed by atoms with Crippen LogP contribution < -0.4 is 5.32 Å². The predicted molar refractivity (Wildman–Crippen MR) is 100 cm³/mol. The molecule has 27 heavy (non-hydrogen) atoms. The molecule has 0 fully saturated rings. The lowest BCUT2D eigenvalue weighted by molar-refractivity contribution is -0.385. The summed E-state index contributed by atoms with van der Waals surface area (Å²) >= 11 is 6.62. The highest BCUT2D eigenvalue weighted by molar-refractivity contribution is 7.18. The molecule has 1 aromatic carbocycles. The highest BCUT2D eigenvalue weighted by atomic mass is 35.5. The number of anilines is 1. The van der Waals surface area contributed by atoms with Gasteiger partial charge < -0.3 is 10.1 Å². The van der Waals surface area contributed by atoms with Crippen molar-refractivity contribution in [2.24, 2.45) is 0 Å². The Hall–Kier alpha value is -2.96. The molecule has 0 saturated carbocycles. The van der Waals surface area contributed by atoms with Crippen LogP contribution >= 0.6 is 22.9 Å². The first-order valence-corrected chi connectivity index (χ1v) is 8.84. The first kappa shape index (κ1) is 20.4. The number of thiophene rings is 1. The summed E-state index contributed by atoms with van der Waals surface area (Å²) in [6.45, 7) is 4.94. The normalized spacial score (nSPS) is 10.4. The molecular weight excluding hydrogens is 394 g/mol. The van der Waals surface area contributed by atoms with Crippen LogP contribution in [-0.4, -0.2) is 22.9 Å². The van der Waals surface area contributed by atoms with Gasteiger partial charge in [0.05, 0.1) is 16.6 Å². The number of carbonyl (C=O) groups excluding carboxylic acids is 2. The quantitative estimate of drug-likeness (QED) is 0.447. The number of nitriles is 1. The molecule has 8 nitrogen and oxygen atoms in total. The third-order valence-corrected chi connectivity index (χ3v) is 4.84. The lowest BCUT2D eigenvalue weighted by Gasteiger charge is -2.06. The minimum atomic E-state index is -0.792. The summed E-state index contributed by atoms with van der Waals surface area (Å²) in [6.07, 6.45) is -0.348. The van der Waals surface area contributed by atoms with Gasteiger partial charge in [-0.1, -0.05) is 11.6 Å². The Morgan fingerprint density at radius 1 is 1.41 bits per heavy atom. The van der Waals surface area contributed by atoms with Crippen molar-refractivity contribution in [2.75, 3.05) is 5.32 Å². The second-order valence-electron chi connectivity index (χ2n) is 5.70. The van der Waals surface area contributed by atoms with Gasteiger partial charge in [0.25, 0.3) is 11.6 Å². The molecule has 0 spiro atoms. The van der Waals surface area contributed by atoms with E-state index in [0.29, 0.717) is 5.56 Å². The van der Waals surface area contributed by atoms with Crippen molar-refractivity contribution >= 4 is 45.5 Å². The van der Waals surface area contributed by atoms with E-state index in [1.165, 1.54) is 12.1 Å². The van der Waals surface area contributed by atoms with Gasteiger partial charge in [-0.25, -0.2) is 4.79 Å². The van der Waals surface area contributed by atoms with E-state index in [2.05, 4.69) is 5.32 Å². The molecule has 1 heterocycles. The molecule has 0 atom stereocenters. The number of nitro benzene ring substituents is 1. The molecule has 0 radical (unpaired) electrons. The van der Waals surface area contributed by atoms with Crippen LogP contribution in [0.3, 0.4) is 0 Å². The lowest BCUT2D eigenvalue weighted by Crippen LogP contribution is -2.13. The van der Waals surface area contributed by atoms with Crippen LogP contribution in [0.2, 0.25) is 5.02 Å². The van der Waals surface area contributed by atoms with Crippen LogP contribution in [-0.2, 0) is 4.74 Å². The molecule has 0 unspecified atom stereocenters. The van der Waals surface area contributed by atoms with E-state index in [4.69, 9.17) is 16.3 Å². The number of carbonyl (C=O) groups is 2. The summed E-state index contributed by atoms with van der Waals surface area (Å²) in [5.74, 6) is -1.40. The van der Waals surface area contributed by atoms with Gasteiger partial charge in [0, 0.05) is 11.1 Å². The van der Waals surface area contributed by atoms with Crippen LogP contribution in [0, 0.1) is 28.4 Å². The highest BCUT2D eigenvalue weighted by Crippen LogP contribution is 2.34. The van der Waals surface area contributed by atoms with E-state index >= 15 is 0 Å². The van der Waals surface area contributed by atoms with Crippen molar-refractivity contribution in [3.05, 3.63) is 54.9 Å². The first-order chi connectivity index (χ1) is 12.6. The van der Waals surface area contributed by atoms with Crippen LogP contribution in [0.25, 0.3) is 0 Å². The number of hydrogen-bond donors (Lipinski definition) is 1. The van der Waals surface area contributed by atoms with Crippen LogP contribution in [0.4, 0.5) is 10.7 Å². The molecule has 1 amide bonds. The molecule has 0 bridgehead atoms. The van der Waals surface area contributed by atoms with E-state index < -0.39 is 22.5 Å². The zero-order chi connectivity index (χ0) is 20.3. The Morgan fingerprint density at radius 2 is 2.07 bits per heavy atom. The number of halogens is 1. The summed E-state index contributed by atoms with van der Waals surface area (Å²) < 4.78 is 5.13. The summed E-state index contributed by atoms with van der Waals surface area (Å²) in [4.78, 5) is 35.3. The van der Waals surface area contributed by atoms with Gasteiger partial charge in [-0.15, -0.1) is 11.3 Å². The van der Waals surface area contributed by atoms with Crippen molar-refractivity contribution in [1.29, 1.82) is 5.26 Å². The molecule has 140 valence electrons. The van der Waals surface area contributed by atoms with Gasteiger partial charge in [0.15, 0.2) is 0 Å². The average molecular weight is 408 g/mol. The Labute approximate surface area is 163 Å². The van der Waals surface area contributed by atoms with Crippen molar-refractivity contribution in [3.63, 3.8) is 0 Å². The molecule has 1 aromatic heterocycles. The lowest BCUT2D eigenvalue weighted by atomic mass is 10.1. The van der Waals surface area contributed by atoms with Gasteiger partial charge >= 0.3 is 5.97 Å². The van der Waals surface area contributed by atoms with E-state index in [1.807, 2.05) is 6.07 Å². The minimum Gasteiger partial charge on any atom is -0.459 e. The number of amides is 1. The van der Waals surface area contributed by atoms with Crippen molar-refractivity contribution in [1.82, 2.24) is 0 Å². The maximum atomic E-state index is 12.5. The maximum Gasteiger partial charge on any atom is 0.348 e. The predicted octanol–water partition coefficient (Wildman–Crippen LogP) is 4.31. The SMILES string of the molecule is Cc1c(C(=O)OC(C)C)sc(NC(=O)c2ccc(Cl)cc2[N+](=O)[O-])c1C#N. The zero-order valence-electron chi connectivity index (χ0n) is 14.5. The number of nitro groups is 1. The van der Waals surface area contributed by atoms with Crippen LogP contribution in [0.15, 0.2) is 18.2 Å². The number of esters is 1. The minimum absolute atomic E-state index is 0.0978. The Morgan fingerprint density at radius 3 is 2.63 bits per heavy atom. The van der Waals surface area contributed by atoms with E-state index in [9.17, 15) is 25.0 Å². The number of hydrogen-bond acceptors (Lipinski definition) is 7. The smallest absolute Gasteiger partial charge is 0.348 e.